The summed E-state index contributed by atoms with van der Waals surface area (Å²) in [6, 6.07) is 11.7. The summed E-state index contributed by atoms with van der Waals surface area (Å²) >= 11 is 3.41. The molecule has 0 radical (unpaired) electrons. The number of rotatable bonds is 6. The van der Waals surface area contributed by atoms with Crippen LogP contribution in [0.2, 0.25) is 0 Å². The third-order valence-electron chi connectivity index (χ3n) is 3.60. The summed E-state index contributed by atoms with van der Waals surface area (Å²) in [6.07, 6.45) is 0.0218. The second-order valence-electron chi connectivity index (χ2n) is 5.05. The second kappa shape index (κ2) is 7.51. The number of benzene rings is 2. The second-order valence-corrected chi connectivity index (χ2v) is 5.90. The molecule has 0 fully saturated rings. The van der Waals surface area contributed by atoms with Crippen molar-refractivity contribution in [1.29, 1.82) is 0 Å². The van der Waals surface area contributed by atoms with E-state index in [1.54, 1.807) is 7.11 Å². The van der Waals surface area contributed by atoms with E-state index < -0.39 is 6.10 Å². The summed E-state index contributed by atoms with van der Waals surface area (Å²) in [7, 11) is 1.65. The molecule has 1 unspecified atom stereocenters. The minimum atomic E-state index is -0.587. The minimum absolute atomic E-state index is 0.578. The number of halogens is 1. The van der Waals surface area contributed by atoms with Gasteiger partial charge in [-0.1, -0.05) is 19.1 Å². The van der Waals surface area contributed by atoms with Gasteiger partial charge in [0, 0.05) is 22.3 Å². The lowest BCUT2D eigenvalue weighted by molar-refractivity contribution is 0.175. The molecule has 118 valence electrons. The molecule has 4 nitrogen and oxygen atoms in total. The molecule has 22 heavy (non-hydrogen) atoms. The van der Waals surface area contributed by atoms with Crippen LogP contribution in [0.25, 0.3) is 0 Å². The smallest absolute Gasteiger partial charge is 0.118 e. The number of hydrogen-bond acceptors (Lipinski definition) is 4. The van der Waals surface area contributed by atoms with Crippen LogP contribution in [0.4, 0.5) is 11.4 Å². The Morgan fingerprint density at radius 3 is 2.50 bits per heavy atom. The third-order valence-corrected chi connectivity index (χ3v) is 4.29. The molecule has 0 bridgehead atoms. The van der Waals surface area contributed by atoms with E-state index in [9.17, 15) is 5.11 Å². The van der Waals surface area contributed by atoms with Crippen molar-refractivity contribution in [3.8, 4) is 5.75 Å². The highest BCUT2D eigenvalue weighted by molar-refractivity contribution is 9.10. The molecule has 0 aliphatic rings. The van der Waals surface area contributed by atoms with Gasteiger partial charge >= 0.3 is 0 Å². The molecular weight excluding hydrogens is 344 g/mol. The van der Waals surface area contributed by atoms with Gasteiger partial charge in [-0.2, -0.15) is 0 Å². The number of nitrogens with one attached hydrogen (secondary N) is 1. The maximum atomic E-state index is 10.2. The topological polar surface area (TPSA) is 67.5 Å². The van der Waals surface area contributed by atoms with Crippen molar-refractivity contribution in [1.82, 2.24) is 0 Å². The van der Waals surface area contributed by atoms with Crippen molar-refractivity contribution in [3.05, 3.63) is 52.0 Å². The van der Waals surface area contributed by atoms with Crippen LogP contribution in [0.1, 0.15) is 30.6 Å². The summed E-state index contributed by atoms with van der Waals surface area (Å²) in [5.41, 5.74) is 9.40. The number of aliphatic hydroxyl groups excluding tert-OH is 1. The van der Waals surface area contributed by atoms with Crippen molar-refractivity contribution in [2.24, 2.45) is 0 Å². The molecule has 0 heterocycles. The fourth-order valence-electron chi connectivity index (χ4n) is 2.27. The van der Waals surface area contributed by atoms with Gasteiger partial charge in [0.2, 0.25) is 0 Å². The average molecular weight is 365 g/mol. The first-order valence-corrected chi connectivity index (χ1v) is 7.98. The Kier molecular flexibility index (Phi) is 5.69. The Labute approximate surface area is 139 Å². The fourth-order valence-corrected chi connectivity index (χ4v) is 2.61. The first-order chi connectivity index (χ1) is 10.6. The summed E-state index contributed by atoms with van der Waals surface area (Å²) in [5, 5.41) is 13.6. The minimum Gasteiger partial charge on any atom is -0.497 e. The van der Waals surface area contributed by atoms with Crippen LogP contribution in [0.15, 0.2) is 40.9 Å². The molecule has 0 aliphatic carbocycles. The van der Waals surface area contributed by atoms with Gasteiger partial charge < -0.3 is 20.9 Å². The van der Waals surface area contributed by atoms with E-state index in [1.807, 2.05) is 43.3 Å². The van der Waals surface area contributed by atoms with Gasteiger partial charge in [-0.25, -0.2) is 0 Å². The molecular formula is C17H21BrN2O2. The first kappa shape index (κ1) is 16.6. The highest BCUT2D eigenvalue weighted by Crippen LogP contribution is 2.35. The molecule has 0 aliphatic heterocycles. The average Bonchev–Trinajstić information content (AvgIpc) is 2.55. The molecule has 0 spiro atoms. The van der Waals surface area contributed by atoms with E-state index in [4.69, 9.17) is 10.5 Å². The van der Waals surface area contributed by atoms with Gasteiger partial charge in [0.15, 0.2) is 0 Å². The molecule has 4 N–H and O–H groups in total. The zero-order valence-electron chi connectivity index (χ0n) is 12.8. The number of methoxy groups -OCH3 is 1. The Bertz CT molecular complexity index is 629. The third kappa shape index (κ3) is 3.72. The lowest BCUT2D eigenvalue weighted by atomic mass is 10.0. The number of ether oxygens (including phenoxy) is 1. The SMILES string of the molecule is CCC(O)c1c(NCc2ccc(OC)cc2)ccc(Br)c1N. The van der Waals surface area contributed by atoms with E-state index in [-0.39, 0.29) is 0 Å². The van der Waals surface area contributed by atoms with Crippen molar-refractivity contribution in [2.75, 3.05) is 18.2 Å². The van der Waals surface area contributed by atoms with Crippen LogP contribution in [0.5, 0.6) is 5.75 Å². The van der Waals surface area contributed by atoms with E-state index in [1.165, 1.54) is 0 Å². The first-order valence-electron chi connectivity index (χ1n) is 7.19. The monoisotopic (exact) mass is 364 g/mol. The van der Waals surface area contributed by atoms with Gasteiger partial charge in [-0.05, 0) is 52.2 Å². The number of hydrogen-bond donors (Lipinski definition) is 3. The predicted molar refractivity (Wildman–Crippen MR) is 94.1 cm³/mol. The molecule has 0 saturated carbocycles. The molecule has 0 saturated heterocycles. The van der Waals surface area contributed by atoms with Gasteiger partial charge in [-0.3, -0.25) is 0 Å². The van der Waals surface area contributed by atoms with Crippen LogP contribution in [-0.2, 0) is 6.54 Å². The molecule has 5 heteroatoms. The standard InChI is InChI=1S/C17H21BrN2O2/c1-3-15(21)16-14(9-8-13(18)17(16)19)20-10-11-4-6-12(22-2)7-5-11/h4-9,15,20-21H,3,10,19H2,1-2H3. The van der Waals surface area contributed by atoms with E-state index in [0.29, 0.717) is 18.7 Å². The van der Waals surface area contributed by atoms with Crippen LogP contribution >= 0.6 is 15.9 Å². The molecule has 2 aromatic rings. The highest BCUT2D eigenvalue weighted by atomic mass is 79.9. The molecule has 2 rings (SSSR count). The summed E-state index contributed by atoms with van der Waals surface area (Å²) in [4.78, 5) is 0. The van der Waals surface area contributed by atoms with E-state index >= 15 is 0 Å². The van der Waals surface area contributed by atoms with E-state index in [0.717, 1.165) is 27.0 Å². The molecule has 2 aromatic carbocycles. The molecule has 0 amide bonds. The lowest BCUT2D eigenvalue weighted by Crippen LogP contribution is -2.09. The van der Waals surface area contributed by atoms with Gasteiger partial charge in [0.05, 0.1) is 18.9 Å². The summed E-state index contributed by atoms with van der Waals surface area (Å²) in [6.45, 7) is 2.58. The van der Waals surface area contributed by atoms with Gasteiger partial charge in [0.25, 0.3) is 0 Å². The van der Waals surface area contributed by atoms with Crippen molar-refractivity contribution >= 4 is 27.3 Å². The number of aliphatic hydroxyl groups is 1. The Balaban J connectivity index is 2.19. The normalized spacial score (nSPS) is 12.0. The predicted octanol–water partition coefficient (Wildman–Crippen LogP) is 4.10. The van der Waals surface area contributed by atoms with Gasteiger partial charge in [-0.15, -0.1) is 0 Å². The van der Waals surface area contributed by atoms with Crippen LogP contribution in [-0.4, -0.2) is 12.2 Å². The number of nitrogens with two attached hydrogens (primary N) is 1. The Hall–Kier alpha value is -1.72. The van der Waals surface area contributed by atoms with Crippen LogP contribution < -0.4 is 15.8 Å². The van der Waals surface area contributed by atoms with Crippen molar-refractivity contribution < 1.29 is 9.84 Å². The molecule has 0 aromatic heterocycles. The maximum absolute atomic E-state index is 10.2. The summed E-state index contributed by atoms with van der Waals surface area (Å²) < 4.78 is 5.95. The molecule has 1 atom stereocenters. The largest absolute Gasteiger partial charge is 0.497 e. The number of anilines is 2. The Morgan fingerprint density at radius 2 is 1.91 bits per heavy atom. The Morgan fingerprint density at radius 1 is 1.23 bits per heavy atom. The van der Waals surface area contributed by atoms with Crippen LogP contribution in [0, 0.1) is 0 Å². The highest BCUT2D eigenvalue weighted by Gasteiger charge is 2.16. The lowest BCUT2D eigenvalue weighted by Gasteiger charge is -2.19. The van der Waals surface area contributed by atoms with Crippen molar-refractivity contribution in [2.45, 2.75) is 26.0 Å². The summed E-state index contributed by atoms with van der Waals surface area (Å²) in [5.74, 6) is 0.832. The van der Waals surface area contributed by atoms with E-state index in [2.05, 4.69) is 21.2 Å². The van der Waals surface area contributed by atoms with Gasteiger partial charge in [0.1, 0.15) is 5.75 Å². The quantitative estimate of drug-likeness (QED) is 0.675. The zero-order chi connectivity index (χ0) is 16.1. The van der Waals surface area contributed by atoms with Crippen molar-refractivity contribution in [3.63, 3.8) is 0 Å². The zero-order valence-corrected chi connectivity index (χ0v) is 14.4. The van der Waals surface area contributed by atoms with Crippen LogP contribution in [0.3, 0.4) is 0 Å². The fraction of sp³-hybridized carbons (Fsp3) is 0.294. The number of nitrogen functional groups attached to an aromatic ring is 1. The maximum Gasteiger partial charge on any atom is 0.118 e.